The lowest BCUT2D eigenvalue weighted by Gasteiger charge is -2.19. The van der Waals surface area contributed by atoms with Gasteiger partial charge in [0.2, 0.25) is 0 Å². The van der Waals surface area contributed by atoms with Gasteiger partial charge in [-0.3, -0.25) is 19.2 Å². The van der Waals surface area contributed by atoms with Crippen LogP contribution in [-0.4, -0.2) is 77.5 Å². The highest BCUT2D eigenvalue weighted by Gasteiger charge is 2.21. The first-order chi connectivity index (χ1) is 14.3. The molecule has 188 valence electrons. The van der Waals surface area contributed by atoms with Crippen molar-refractivity contribution in [2.45, 2.75) is 91.6 Å². The van der Waals surface area contributed by atoms with Crippen LogP contribution < -0.4 is 0 Å². The summed E-state index contributed by atoms with van der Waals surface area (Å²) in [7, 11) is 2.79. The van der Waals surface area contributed by atoms with Crippen molar-refractivity contribution < 1.29 is 53.1 Å². The highest BCUT2D eigenvalue weighted by Crippen LogP contribution is 2.09. The van der Waals surface area contributed by atoms with E-state index < -0.39 is 53.7 Å². The number of Topliss-reactive ketones (excluding diaryl/α,β-unsaturated/α-hetero) is 1. The zero-order valence-corrected chi connectivity index (χ0v) is 20.6. The molecule has 0 aromatic carbocycles. The summed E-state index contributed by atoms with van der Waals surface area (Å²) in [5.41, 5.74) is -1.15. The van der Waals surface area contributed by atoms with Crippen molar-refractivity contribution in [1.29, 1.82) is 0 Å². The van der Waals surface area contributed by atoms with Gasteiger partial charge >= 0.3 is 23.9 Å². The average molecular weight is 467 g/mol. The van der Waals surface area contributed by atoms with Crippen molar-refractivity contribution in [3.63, 3.8) is 0 Å². The van der Waals surface area contributed by atoms with Gasteiger partial charge in [-0.1, -0.05) is 0 Å². The van der Waals surface area contributed by atoms with Crippen molar-refractivity contribution in [2.24, 2.45) is 0 Å². The second-order valence-corrected chi connectivity index (χ2v) is 8.48. The predicted molar refractivity (Wildman–Crippen MR) is 114 cm³/mol. The highest BCUT2D eigenvalue weighted by molar-refractivity contribution is 5.97. The summed E-state index contributed by atoms with van der Waals surface area (Å²) in [6.45, 7) is 13.4. The Kier molecular flexibility index (Phi) is 17.2. The van der Waals surface area contributed by atoms with Gasteiger partial charge in [-0.2, -0.15) is 0 Å². The van der Waals surface area contributed by atoms with E-state index >= 15 is 0 Å². The lowest BCUT2D eigenvalue weighted by molar-refractivity contribution is -0.160. The fourth-order valence-corrected chi connectivity index (χ4v) is 1.40. The van der Waals surface area contributed by atoms with Crippen molar-refractivity contribution in [1.82, 2.24) is 0 Å². The molecule has 0 aliphatic carbocycles. The number of hydrogen-bond donors (Lipinski definition) is 2. The molecule has 0 unspecified atom stereocenters. The minimum atomic E-state index is -1.17. The van der Waals surface area contributed by atoms with Crippen LogP contribution in [0.4, 0.5) is 0 Å². The Morgan fingerprint density at radius 3 is 1.25 bits per heavy atom. The lowest BCUT2D eigenvalue weighted by Crippen LogP contribution is -2.28. The number of ether oxygens (including phenoxy) is 4. The third-order valence-electron chi connectivity index (χ3n) is 2.96. The van der Waals surface area contributed by atoms with Crippen molar-refractivity contribution in [3.05, 3.63) is 0 Å². The highest BCUT2D eigenvalue weighted by atomic mass is 16.6. The second kappa shape index (κ2) is 16.2. The van der Waals surface area contributed by atoms with Crippen LogP contribution in [-0.2, 0) is 42.9 Å². The quantitative estimate of drug-likeness (QED) is 0.398. The van der Waals surface area contributed by atoms with E-state index in [-0.39, 0.29) is 12.2 Å². The van der Waals surface area contributed by atoms with Crippen molar-refractivity contribution in [3.8, 4) is 0 Å². The molecule has 2 N–H and O–H groups in total. The molecule has 0 saturated carbocycles. The molecule has 11 heteroatoms. The smallest absolute Gasteiger partial charge is 0.332 e. The van der Waals surface area contributed by atoms with Crippen LogP contribution in [0.3, 0.4) is 0 Å². The topological polar surface area (TPSA) is 163 Å². The van der Waals surface area contributed by atoms with Crippen LogP contribution in [0.25, 0.3) is 0 Å². The molecule has 0 rings (SSSR count). The number of hydrogen-bond acceptors (Lipinski definition) is 9. The summed E-state index contributed by atoms with van der Waals surface area (Å²) in [4.78, 5) is 52.9. The number of carboxylic acid groups (broad SMARTS) is 2. The van der Waals surface area contributed by atoms with Gasteiger partial charge in [-0.05, 0) is 55.4 Å². The van der Waals surface area contributed by atoms with Crippen molar-refractivity contribution >= 4 is 29.7 Å². The van der Waals surface area contributed by atoms with Gasteiger partial charge in [0, 0.05) is 14.2 Å². The van der Waals surface area contributed by atoms with Crippen LogP contribution >= 0.6 is 0 Å². The number of carboxylic acids is 2. The van der Waals surface area contributed by atoms with Crippen LogP contribution in [0.1, 0.15) is 68.2 Å². The number of ketones is 1. The maximum Gasteiger partial charge on any atom is 0.332 e. The zero-order chi connectivity index (χ0) is 26.3. The van der Waals surface area contributed by atoms with E-state index in [2.05, 4.69) is 4.74 Å². The number of aliphatic carboxylic acids is 2. The molecule has 0 aromatic rings. The summed E-state index contributed by atoms with van der Waals surface area (Å²) in [6.07, 6.45) is -2.04. The molecular formula is C21H38O11. The normalized spacial score (nSPS) is 12.6. The molecule has 0 amide bonds. The van der Waals surface area contributed by atoms with Gasteiger partial charge in [-0.25, -0.2) is 4.79 Å². The Morgan fingerprint density at radius 1 is 0.688 bits per heavy atom. The van der Waals surface area contributed by atoms with Gasteiger partial charge in [-0.15, -0.1) is 0 Å². The van der Waals surface area contributed by atoms with E-state index in [4.69, 9.17) is 24.4 Å². The summed E-state index contributed by atoms with van der Waals surface area (Å²) >= 11 is 0. The Bertz CT molecular complexity index is 612. The van der Waals surface area contributed by atoms with Crippen LogP contribution in [0.15, 0.2) is 0 Å². The Hall–Kier alpha value is -2.53. The zero-order valence-electron chi connectivity index (χ0n) is 20.6. The SMILES string of the molecule is CC(C)(C)OC(=O)CC(=O)O.CO[C@@H](C)C(=O)CC(=O)OC(C)(C)C.CO[C@@H](C)C(=O)O. The molecule has 0 spiro atoms. The maximum atomic E-state index is 11.2. The molecule has 2 atom stereocenters. The number of carbonyl (C=O) groups is 5. The molecule has 32 heavy (non-hydrogen) atoms. The standard InChI is InChI=1S/C10H18O4.C7H12O4.C4H8O3/c1-7(13-5)8(11)6-9(12)14-10(2,3)4;1-7(2,3)11-6(10)4-5(8)9;1-3(7-2)4(5)6/h7H,6H2,1-5H3;4H2,1-3H3,(H,8,9);3H,1-2H3,(H,5,6)/t7-;;3-/m0.0/s1. The average Bonchev–Trinajstić information content (AvgIpc) is 2.56. The third-order valence-corrected chi connectivity index (χ3v) is 2.96. The number of esters is 2. The molecule has 0 heterocycles. The maximum absolute atomic E-state index is 11.2. The first kappa shape index (κ1) is 34.1. The van der Waals surface area contributed by atoms with Gasteiger partial charge in [0.1, 0.15) is 30.1 Å². The first-order valence-electron chi connectivity index (χ1n) is 9.72. The van der Waals surface area contributed by atoms with Gasteiger partial charge < -0.3 is 29.2 Å². The lowest BCUT2D eigenvalue weighted by atomic mass is 10.1. The molecular weight excluding hydrogens is 428 g/mol. The van der Waals surface area contributed by atoms with E-state index in [0.29, 0.717) is 0 Å². The molecule has 0 aliphatic rings. The summed E-state index contributed by atoms with van der Waals surface area (Å²) in [5.74, 6) is -3.57. The Morgan fingerprint density at radius 2 is 1.03 bits per heavy atom. The van der Waals surface area contributed by atoms with Gasteiger partial charge in [0.25, 0.3) is 0 Å². The van der Waals surface area contributed by atoms with Gasteiger partial charge in [0.15, 0.2) is 11.9 Å². The minimum absolute atomic E-state index is 0.230. The van der Waals surface area contributed by atoms with Crippen molar-refractivity contribution in [2.75, 3.05) is 14.2 Å². The molecule has 0 fully saturated rings. The first-order valence-corrected chi connectivity index (χ1v) is 9.72. The summed E-state index contributed by atoms with van der Waals surface area (Å²) in [6, 6.07) is 0. The second-order valence-electron chi connectivity index (χ2n) is 8.48. The molecule has 11 nitrogen and oxygen atoms in total. The van der Waals surface area contributed by atoms with E-state index in [0.717, 1.165) is 0 Å². The predicted octanol–water partition coefficient (Wildman–Crippen LogP) is 2.23. The van der Waals surface area contributed by atoms with E-state index in [1.54, 1.807) is 48.5 Å². The molecule has 0 radical (unpaired) electrons. The summed E-state index contributed by atoms with van der Waals surface area (Å²) in [5, 5.41) is 16.2. The number of rotatable bonds is 8. The van der Waals surface area contributed by atoms with Crippen LogP contribution in [0, 0.1) is 0 Å². The van der Waals surface area contributed by atoms with Gasteiger partial charge in [0.05, 0.1) is 0 Å². The molecule has 0 saturated heterocycles. The summed E-state index contributed by atoms with van der Waals surface area (Å²) < 4.78 is 18.9. The van der Waals surface area contributed by atoms with Crippen LogP contribution in [0.5, 0.6) is 0 Å². The molecule has 0 aliphatic heterocycles. The Balaban J connectivity index is -0.000000417. The van der Waals surface area contributed by atoms with E-state index in [1.807, 2.05) is 0 Å². The van der Waals surface area contributed by atoms with E-state index in [1.165, 1.54) is 21.1 Å². The van der Waals surface area contributed by atoms with Crippen LogP contribution in [0.2, 0.25) is 0 Å². The third kappa shape index (κ3) is 25.5. The minimum Gasteiger partial charge on any atom is -0.481 e. The molecule has 0 aromatic heterocycles. The fraction of sp³-hybridized carbons (Fsp3) is 0.762. The fourth-order valence-electron chi connectivity index (χ4n) is 1.40. The molecule has 0 bridgehead atoms. The number of methoxy groups -OCH3 is 2. The number of carbonyl (C=O) groups excluding carboxylic acids is 3. The largest absolute Gasteiger partial charge is 0.481 e. The monoisotopic (exact) mass is 466 g/mol. The van der Waals surface area contributed by atoms with E-state index in [9.17, 15) is 24.0 Å². The Labute approximate surface area is 189 Å².